The highest BCUT2D eigenvalue weighted by Gasteiger charge is 2.46. The van der Waals surface area contributed by atoms with E-state index in [4.69, 9.17) is 0 Å². The molecule has 0 spiro atoms. The molecule has 50 heavy (non-hydrogen) atoms. The molecule has 2 aliphatic rings. The van der Waals surface area contributed by atoms with Crippen molar-refractivity contribution in [1.82, 2.24) is 30.5 Å². The van der Waals surface area contributed by atoms with Gasteiger partial charge in [0.05, 0.1) is 28.9 Å². The highest BCUT2D eigenvalue weighted by molar-refractivity contribution is 7.92. The molecule has 4 amide bonds. The van der Waals surface area contributed by atoms with E-state index in [-0.39, 0.29) is 35.0 Å². The summed E-state index contributed by atoms with van der Waals surface area (Å²) in [6, 6.07) is 11.3. The number of fused-ring (bicyclic) bond motifs is 1. The molecule has 2 aromatic carbocycles. The van der Waals surface area contributed by atoms with Gasteiger partial charge in [-0.05, 0) is 67.1 Å². The highest BCUT2D eigenvalue weighted by Crippen LogP contribution is 2.30. The van der Waals surface area contributed by atoms with E-state index >= 15 is 4.39 Å². The van der Waals surface area contributed by atoms with Crippen LogP contribution >= 0.6 is 0 Å². The predicted octanol–water partition coefficient (Wildman–Crippen LogP) is 2.28. The number of halogens is 1. The summed E-state index contributed by atoms with van der Waals surface area (Å²) in [5.74, 6) is -3.81. The van der Waals surface area contributed by atoms with Gasteiger partial charge in [0, 0.05) is 44.2 Å². The molecule has 0 saturated carbocycles. The zero-order valence-corrected chi connectivity index (χ0v) is 27.3. The van der Waals surface area contributed by atoms with E-state index in [1.165, 1.54) is 42.9 Å². The SMILES string of the molecule is CN1C(=O)N(c2ccc(C[C@H](NC(=O)c3ccc(NS(=O)(=O)c4ccc(-c5ncccn5)cn4)cc3F)C(=O)O)cc2)C(=O)C2CCNCC21. The fourth-order valence-corrected chi connectivity index (χ4v) is 6.86. The molecule has 0 radical (unpaired) electrons. The van der Waals surface area contributed by atoms with E-state index in [9.17, 15) is 32.7 Å². The van der Waals surface area contributed by atoms with Crippen molar-refractivity contribution in [1.29, 1.82) is 0 Å². The number of aliphatic carboxylic acids is 1. The second-order valence-corrected chi connectivity index (χ2v) is 13.4. The first kappa shape index (κ1) is 34.1. The normalized spacial score (nSPS) is 18.3. The monoisotopic (exact) mass is 702 g/mol. The van der Waals surface area contributed by atoms with Gasteiger partial charge in [-0.2, -0.15) is 8.42 Å². The van der Waals surface area contributed by atoms with E-state index in [2.05, 4.69) is 30.3 Å². The number of nitrogens with one attached hydrogen (secondary N) is 3. The van der Waals surface area contributed by atoms with Gasteiger partial charge in [-0.3, -0.25) is 14.3 Å². The molecular formula is C33H31FN8O7S. The molecule has 15 nitrogen and oxygen atoms in total. The van der Waals surface area contributed by atoms with Gasteiger partial charge in [0.2, 0.25) is 5.91 Å². The lowest BCUT2D eigenvalue weighted by atomic mass is 9.88. The Hall–Kier alpha value is -5.81. The van der Waals surface area contributed by atoms with Crippen LogP contribution in [0.4, 0.5) is 20.6 Å². The molecule has 3 atom stereocenters. The van der Waals surface area contributed by atoms with Crippen molar-refractivity contribution < 1.29 is 37.1 Å². The van der Waals surface area contributed by atoms with Crippen molar-refractivity contribution in [2.24, 2.45) is 5.92 Å². The summed E-state index contributed by atoms with van der Waals surface area (Å²) in [4.78, 5) is 66.0. The molecule has 17 heteroatoms. The van der Waals surface area contributed by atoms with Crippen molar-refractivity contribution in [3.8, 4) is 11.4 Å². The van der Waals surface area contributed by atoms with Gasteiger partial charge < -0.3 is 20.6 Å². The number of urea groups is 1. The molecule has 2 aliphatic heterocycles. The van der Waals surface area contributed by atoms with Crippen molar-refractivity contribution in [3.63, 3.8) is 0 Å². The predicted molar refractivity (Wildman–Crippen MR) is 177 cm³/mol. The van der Waals surface area contributed by atoms with Gasteiger partial charge in [0.25, 0.3) is 15.9 Å². The number of piperidine rings is 1. The molecule has 4 aromatic rings. The molecule has 6 rings (SSSR count). The fraction of sp³-hybridized carbons (Fsp3) is 0.242. The third-order valence-corrected chi connectivity index (χ3v) is 9.81. The fourth-order valence-electron chi connectivity index (χ4n) is 5.88. The van der Waals surface area contributed by atoms with Crippen molar-refractivity contribution in [2.75, 3.05) is 29.8 Å². The third-order valence-electron chi connectivity index (χ3n) is 8.52. The standard InChI is InChI=1S/C33H31FN8O7S/c1-41-27-18-35-14-11-24(27)31(44)42(33(41)47)22-7-3-19(4-8-22)15-26(32(45)46)39-30(43)23-9-6-21(16-25(23)34)40-50(48,49)28-10-5-20(17-38-28)29-36-12-2-13-37-29/h2-10,12-13,16-17,24,26-27,35,40H,11,14-15,18H2,1H3,(H,39,43)(H,45,46)/t24?,26-,27?/m0/s1. The molecule has 4 heterocycles. The van der Waals surface area contributed by atoms with Gasteiger partial charge in [-0.15, -0.1) is 0 Å². The number of amides is 4. The van der Waals surface area contributed by atoms with E-state index in [0.717, 1.165) is 23.1 Å². The summed E-state index contributed by atoms with van der Waals surface area (Å²) in [5, 5.41) is 15.0. The minimum absolute atomic E-state index is 0.193. The number of carbonyl (C=O) groups excluding carboxylic acids is 3. The molecule has 0 bridgehead atoms. The Balaban J connectivity index is 1.10. The maximum atomic E-state index is 15.1. The Morgan fingerprint density at radius 2 is 1.80 bits per heavy atom. The van der Waals surface area contributed by atoms with Gasteiger partial charge >= 0.3 is 12.0 Å². The number of anilines is 2. The van der Waals surface area contributed by atoms with Crippen LogP contribution in [0.25, 0.3) is 11.4 Å². The first-order valence-electron chi connectivity index (χ1n) is 15.4. The first-order valence-corrected chi connectivity index (χ1v) is 16.9. The topological polar surface area (TPSA) is 204 Å². The van der Waals surface area contributed by atoms with Crippen LogP contribution in [0.1, 0.15) is 22.3 Å². The number of likely N-dealkylation sites (N-methyl/N-ethyl adjacent to an activating group) is 1. The second kappa shape index (κ2) is 14.0. The number of hydrogen-bond donors (Lipinski definition) is 4. The summed E-state index contributed by atoms with van der Waals surface area (Å²) >= 11 is 0. The average molecular weight is 703 g/mol. The van der Waals surface area contributed by atoms with Gasteiger partial charge in [0.15, 0.2) is 10.9 Å². The van der Waals surface area contributed by atoms with E-state index < -0.39 is 45.4 Å². The minimum Gasteiger partial charge on any atom is -0.480 e. The average Bonchev–Trinajstić information content (AvgIpc) is 3.11. The van der Waals surface area contributed by atoms with E-state index in [1.807, 2.05) is 0 Å². The highest BCUT2D eigenvalue weighted by atomic mass is 32.2. The Labute approximate surface area is 285 Å². The van der Waals surface area contributed by atoms with Gasteiger partial charge in [-0.25, -0.2) is 33.8 Å². The van der Waals surface area contributed by atoms with E-state index in [1.54, 1.807) is 30.1 Å². The number of pyridine rings is 1. The van der Waals surface area contributed by atoms with Crippen molar-refractivity contribution in [3.05, 3.63) is 96.2 Å². The van der Waals surface area contributed by atoms with Crippen LogP contribution in [0.3, 0.4) is 0 Å². The van der Waals surface area contributed by atoms with E-state index in [0.29, 0.717) is 42.1 Å². The summed E-state index contributed by atoms with van der Waals surface area (Å²) in [7, 11) is -2.60. The number of nitrogens with zero attached hydrogens (tertiary/aromatic N) is 5. The number of carboxylic acid groups (broad SMARTS) is 1. The Bertz CT molecular complexity index is 2050. The Kier molecular flexibility index (Phi) is 9.52. The maximum Gasteiger partial charge on any atom is 0.331 e. The maximum absolute atomic E-state index is 15.1. The van der Waals surface area contributed by atoms with Crippen LogP contribution in [0.5, 0.6) is 0 Å². The summed E-state index contributed by atoms with van der Waals surface area (Å²) < 4.78 is 43.0. The molecule has 258 valence electrons. The Morgan fingerprint density at radius 1 is 1.06 bits per heavy atom. The van der Waals surface area contributed by atoms with Crippen molar-refractivity contribution in [2.45, 2.75) is 30.0 Å². The minimum atomic E-state index is -4.24. The molecular weight excluding hydrogens is 671 g/mol. The largest absolute Gasteiger partial charge is 0.480 e. The Morgan fingerprint density at radius 3 is 2.46 bits per heavy atom. The summed E-state index contributed by atoms with van der Waals surface area (Å²) in [5.41, 5.74) is 0.572. The van der Waals surface area contributed by atoms with Crippen molar-refractivity contribution >= 4 is 45.2 Å². The van der Waals surface area contributed by atoms with Crippen LogP contribution in [-0.4, -0.2) is 89.4 Å². The van der Waals surface area contributed by atoms with Gasteiger partial charge in [0.1, 0.15) is 11.9 Å². The summed E-state index contributed by atoms with van der Waals surface area (Å²) in [6.07, 6.45) is 4.73. The molecule has 4 N–H and O–H groups in total. The number of carboxylic acids is 1. The first-order chi connectivity index (χ1) is 23.9. The molecule has 2 saturated heterocycles. The number of rotatable bonds is 10. The number of carbonyl (C=O) groups is 4. The quantitative estimate of drug-likeness (QED) is 0.189. The zero-order chi connectivity index (χ0) is 35.6. The van der Waals surface area contributed by atoms with Crippen LogP contribution in [0.15, 0.2) is 84.3 Å². The number of aromatic nitrogens is 3. The lowest BCUT2D eigenvalue weighted by Crippen LogP contribution is -2.65. The van der Waals surface area contributed by atoms with Crippen LogP contribution in [0, 0.1) is 11.7 Å². The zero-order valence-electron chi connectivity index (χ0n) is 26.5. The van der Waals surface area contributed by atoms with Crippen LogP contribution in [-0.2, 0) is 26.0 Å². The van der Waals surface area contributed by atoms with Crippen LogP contribution in [0.2, 0.25) is 0 Å². The molecule has 2 unspecified atom stereocenters. The molecule has 2 fully saturated rings. The van der Waals surface area contributed by atoms with Gasteiger partial charge in [-0.1, -0.05) is 12.1 Å². The number of sulfonamides is 1. The lowest BCUT2D eigenvalue weighted by Gasteiger charge is -2.45. The molecule has 2 aromatic heterocycles. The number of imide groups is 1. The summed E-state index contributed by atoms with van der Waals surface area (Å²) in [6.45, 7) is 1.19. The number of benzene rings is 2. The smallest absolute Gasteiger partial charge is 0.331 e. The third kappa shape index (κ3) is 6.99. The second-order valence-electron chi connectivity index (χ2n) is 11.7. The molecule has 0 aliphatic carbocycles. The van der Waals surface area contributed by atoms with Crippen LogP contribution < -0.4 is 20.3 Å². The number of hydrogen-bond acceptors (Lipinski definition) is 10. The lowest BCUT2D eigenvalue weighted by molar-refractivity contribution is -0.139.